The molecule has 0 amide bonds. The molecule has 0 saturated heterocycles. The van der Waals surface area contributed by atoms with Crippen LogP contribution in [0.25, 0.3) is 10.9 Å². The summed E-state index contributed by atoms with van der Waals surface area (Å²) >= 11 is 0. The van der Waals surface area contributed by atoms with E-state index in [0.29, 0.717) is 31.9 Å². The molecule has 0 fully saturated rings. The molecule has 1 N–H and O–H groups in total. The number of ether oxygens (including phenoxy) is 2. The molecule has 8 heteroatoms. The van der Waals surface area contributed by atoms with Crippen LogP contribution in [0.3, 0.4) is 0 Å². The van der Waals surface area contributed by atoms with Crippen molar-refractivity contribution in [1.82, 2.24) is 4.57 Å². The number of aromatic nitrogens is 1. The number of benzene rings is 2. The van der Waals surface area contributed by atoms with E-state index in [1.54, 1.807) is 13.8 Å². The number of hydrogen-bond acceptors (Lipinski definition) is 5. The molecule has 0 saturated carbocycles. The summed E-state index contributed by atoms with van der Waals surface area (Å²) in [4.78, 5) is 21.8. The van der Waals surface area contributed by atoms with E-state index in [1.165, 1.54) is 0 Å². The Labute approximate surface area is 188 Å². The summed E-state index contributed by atoms with van der Waals surface area (Å²) < 4.78 is 29.7. The highest BCUT2D eigenvalue weighted by molar-refractivity contribution is 7.52. The number of rotatable bonds is 12. The molecule has 0 bridgehead atoms. The first-order valence-corrected chi connectivity index (χ1v) is 12.6. The van der Waals surface area contributed by atoms with E-state index in [4.69, 9.17) is 14.0 Å². The van der Waals surface area contributed by atoms with Gasteiger partial charge in [-0.2, -0.15) is 0 Å². The Hall–Kier alpha value is -2.60. The first kappa shape index (κ1) is 24.1. The Morgan fingerprint density at radius 2 is 1.88 bits per heavy atom. The lowest BCUT2D eigenvalue weighted by atomic mass is 10.1. The predicted molar refractivity (Wildman–Crippen MR) is 124 cm³/mol. The first-order chi connectivity index (χ1) is 15.4. The maximum Gasteiger partial charge on any atom is 0.328 e. The average Bonchev–Trinajstić information content (AvgIpc) is 3.08. The van der Waals surface area contributed by atoms with E-state index in [1.807, 2.05) is 42.6 Å². The third-order valence-corrected chi connectivity index (χ3v) is 6.50. The van der Waals surface area contributed by atoms with Gasteiger partial charge in [0.05, 0.1) is 32.4 Å². The van der Waals surface area contributed by atoms with E-state index in [9.17, 15) is 14.3 Å². The Bertz CT molecular complexity index is 1080. The fourth-order valence-corrected chi connectivity index (χ4v) is 4.64. The normalized spacial score (nSPS) is 13.1. The zero-order valence-electron chi connectivity index (χ0n) is 18.5. The van der Waals surface area contributed by atoms with E-state index < -0.39 is 7.60 Å². The van der Waals surface area contributed by atoms with Gasteiger partial charge in [-0.1, -0.05) is 30.3 Å². The van der Waals surface area contributed by atoms with E-state index in [0.717, 1.165) is 22.0 Å². The fourth-order valence-electron chi connectivity index (χ4n) is 3.58. The predicted octanol–water partition coefficient (Wildman–Crippen LogP) is 4.79. The minimum atomic E-state index is -3.55. The average molecular weight is 459 g/mol. The molecule has 0 aliphatic rings. The van der Waals surface area contributed by atoms with Gasteiger partial charge in [-0.05, 0) is 49.6 Å². The molecule has 0 spiro atoms. The van der Waals surface area contributed by atoms with Gasteiger partial charge < -0.3 is 23.5 Å². The van der Waals surface area contributed by atoms with Crippen LogP contribution in [0.2, 0.25) is 0 Å². The molecule has 0 aliphatic carbocycles. The van der Waals surface area contributed by atoms with Gasteiger partial charge in [0.1, 0.15) is 5.75 Å². The van der Waals surface area contributed by atoms with Crippen molar-refractivity contribution in [3.8, 4) is 5.75 Å². The topological polar surface area (TPSA) is 87.0 Å². The van der Waals surface area contributed by atoms with Crippen molar-refractivity contribution in [1.29, 1.82) is 0 Å². The standard InChI is InChI=1S/C24H30NO6P/c1-3-29-24(26)15-20-18-25(17-19-9-6-5-7-10-19)23-12-11-21(16-22(20)23)30-13-8-14-32(27,28)31-4-2/h5-7,9-12,16,18H,3-4,8,13-15,17H2,1-2H3,(H,27,28). The maximum absolute atomic E-state index is 12.1. The highest BCUT2D eigenvalue weighted by Crippen LogP contribution is 2.42. The number of esters is 1. The van der Waals surface area contributed by atoms with Crippen molar-refractivity contribution in [2.75, 3.05) is 26.0 Å². The van der Waals surface area contributed by atoms with Crippen LogP contribution in [0.1, 0.15) is 31.4 Å². The van der Waals surface area contributed by atoms with Gasteiger partial charge in [-0.25, -0.2) is 0 Å². The monoisotopic (exact) mass is 459 g/mol. The second kappa shape index (κ2) is 11.3. The molecule has 172 valence electrons. The molecule has 32 heavy (non-hydrogen) atoms. The summed E-state index contributed by atoms with van der Waals surface area (Å²) in [5.41, 5.74) is 3.03. The van der Waals surface area contributed by atoms with Crippen LogP contribution < -0.4 is 4.74 Å². The minimum absolute atomic E-state index is 0.0463. The van der Waals surface area contributed by atoms with Crippen molar-refractivity contribution in [2.45, 2.75) is 33.2 Å². The highest BCUT2D eigenvalue weighted by Gasteiger charge is 2.18. The number of hydrogen-bond donors (Lipinski definition) is 1. The quantitative estimate of drug-likeness (QED) is 0.238. The molecule has 1 aromatic heterocycles. The lowest BCUT2D eigenvalue weighted by molar-refractivity contribution is -0.142. The minimum Gasteiger partial charge on any atom is -0.494 e. The number of nitrogens with zero attached hydrogens (tertiary/aromatic N) is 1. The van der Waals surface area contributed by atoms with Gasteiger partial charge in [0.15, 0.2) is 0 Å². The Balaban J connectivity index is 1.78. The smallest absolute Gasteiger partial charge is 0.328 e. The molecule has 1 atom stereocenters. The van der Waals surface area contributed by atoms with Gasteiger partial charge in [-0.15, -0.1) is 0 Å². The molecule has 3 aromatic rings. The molecule has 0 radical (unpaired) electrons. The summed E-state index contributed by atoms with van der Waals surface area (Å²) in [5.74, 6) is 0.372. The van der Waals surface area contributed by atoms with Crippen molar-refractivity contribution >= 4 is 24.5 Å². The van der Waals surface area contributed by atoms with Crippen LogP contribution in [0.15, 0.2) is 54.7 Å². The van der Waals surface area contributed by atoms with Crippen LogP contribution in [0.4, 0.5) is 0 Å². The van der Waals surface area contributed by atoms with Gasteiger partial charge in [0, 0.05) is 23.6 Å². The lowest BCUT2D eigenvalue weighted by Crippen LogP contribution is -2.07. The SMILES string of the molecule is CCOC(=O)Cc1cn(Cc2ccccc2)c2ccc(OCCCP(=O)(O)OCC)cc12. The number of fused-ring (bicyclic) bond motifs is 1. The van der Waals surface area contributed by atoms with Crippen LogP contribution >= 0.6 is 7.60 Å². The van der Waals surface area contributed by atoms with Crippen LogP contribution in [0.5, 0.6) is 5.75 Å². The third-order valence-electron chi connectivity index (χ3n) is 4.96. The third kappa shape index (κ3) is 6.70. The van der Waals surface area contributed by atoms with Crippen molar-refractivity contribution in [3.63, 3.8) is 0 Å². The largest absolute Gasteiger partial charge is 0.494 e. The highest BCUT2D eigenvalue weighted by atomic mass is 31.2. The van der Waals surface area contributed by atoms with Gasteiger partial charge >= 0.3 is 13.6 Å². The lowest BCUT2D eigenvalue weighted by Gasteiger charge is -2.11. The molecular weight excluding hydrogens is 429 g/mol. The first-order valence-electron chi connectivity index (χ1n) is 10.8. The summed E-state index contributed by atoms with van der Waals surface area (Å²) in [5, 5.41) is 0.925. The van der Waals surface area contributed by atoms with Crippen molar-refractivity contribution in [3.05, 3.63) is 65.9 Å². The summed E-state index contributed by atoms with van der Waals surface area (Å²) in [6, 6.07) is 15.9. The Kier molecular flexibility index (Phi) is 8.51. The molecule has 1 unspecified atom stereocenters. The molecule has 2 aromatic carbocycles. The zero-order valence-corrected chi connectivity index (χ0v) is 19.4. The molecular formula is C24H30NO6P. The van der Waals surface area contributed by atoms with Crippen LogP contribution in [-0.4, -0.2) is 41.4 Å². The Morgan fingerprint density at radius 3 is 2.59 bits per heavy atom. The maximum atomic E-state index is 12.1. The fraction of sp³-hybridized carbons (Fsp3) is 0.375. The summed E-state index contributed by atoms with van der Waals surface area (Å²) in [7, 11) is -3.55. The van der Waals surface area contributed by atoms with E-state index >= 15 is 0 Å². The van der Waals surface area contributed by atoms with Crippen molar-refractivity contribution < 1.29 is 28.3 Å². The summed E-state index contributed by atoms with van der Waals surface area (Å²) in [6.45, 7) is 5.00. The van der Waals surface area contributed by atoms with Crippen molar-refractivity contribution in [2.24, 2.45) is 0 Å². The van der Waals surface area contributed by atoms with Gasteiger partial charge in [0.2, 0.25) is 0 Å². The van der Waals surface area contributed by atoms with Crippen LogP contribution in [0, 0.1) is 0 Å². The van der Waals surface area contributed by atoms with E-state index in [-0.39, 0.29) is 25.2 Å². The molecule has 3 rings (SSSR count). The summed E-state index contributed by atoms with van der Waals surface area (Å²) in [6.07, 6.45) is 2.61. The Morgan fingerprint density at radius 1 is 1.09 bits per heavy atom. The zero-order chi connectivity index (χ0) is 23.0. The van der Waals surface area contributed by atoms with Gasteiger partial charge in [-0.3, -0.25) is 9.36 Å². The second-order valence-electron chi connectivity index (χ2n) is 7.41. The number of carbonyl (C=O) groups is 1. The number of carbonyl (C=O) groups excluding carboxylic acids is 1. The van der Waals surface area contributed by atoms with E-state index in [2.05, 4.69) is 16.7 Å². The molecule has 1 heterocycles. The van der Waals surface area contributed by atoms with Gasteiger partial charge in [0.25, 0.3) is 0 Å². The van der Waals surface area contributed by atoms with Crippen LogP contribution in [-0.2, 0) is 31.6 Å². The molecule has 7 nitrogen and oxygen atoms in total. The second-order valence-corrected chi connectivity index (χ2v) is 9.39. The molecule has 0 aliphatic heterocycles.